The standard InChI is InChI=1S/C15H18FN3O/c16-14-8-11(9-17)3-4-12(14)10-18-7-1-2-15(20)19-13-5-6-13/h3-4,8,13,18H,1-2,5-7,10H2,(H,19,20). The molecule has 0 bridgehead atoms. The number of carbonyl (C=O) groups is 1. The van der Waals surface area contributed by atoms with Gasteiger partial charge in [0.1, 0.15) is 5.82 Å². The van der Waals surface area contributed by atoms with Gasteiger partial charge in [0.05, 0.1) is 11.6 Å². The molecule has 0 unspecified atom stereocenters. The molecule has 1 amide bonds. The van der Waals surface area contributed by atoms with Crippen molar-refractivity contribution in [2.45, 2.75) is 38.3 Å². The maximum absolute atomic E-state index is 13.6. The molecular formula is C15H18FN3O. The van der Waals surface area contributed by atoms with Crippen LogP contribution in [0.25, 0.3) is 0 Å². The molecule has 1 aromatic rings. The van der Waals surface area contributed by atoms with E-state index in [0.29, 0.717) is 36.7 Å². The number of hydrogen-bond donors (Lipinski definition) is 2. The Balaban J connectivity index is 1.63. The third-order valence-electron chi connectivity index (χ3n) is 3.20. The largest absolute Gasteiger partial charge is 0.353 e. The number of halogens is 1. The molecule has 0 atom stereocenters. The molecular weight excluding hydrogens is 257 g/mol. The SMILES string of the molecule is N#Cc1ccc(CNCCCC(=O)NC2CC2)c(F)c1. The Morgan fingerprint density at radius 1 is 1.45 bits per heavy atom. The molecule has 1 saturated carbocycles. The van der Waals surface area contributed by atoms with Crippen LogP contribution in [0, 0.1) is 17.1 Å². The summed E-state index contributed by atoms with van der Waals surface area (Å²) in [7, 11) is 0. The van der Waals surface area contributed by atoms with E-state index in [9.17, 15) is 9.18 Å². The molecule has 1 aromatic carbocycles. The highest BCUT2D eigenvalue weighted by Crippen LogP contribution is 2.18. The highest BCUT2D eigenvalue weighted by molar-refractivity contribution is 5.76. The van der Waals surface area contributed by atoms with E-state index in [1.54, 1.807) is 12.1 Å². The minimum absolute atomic E-state index is 0.0962. The molecule has 4 nitrogen and oxygen atoms in total. The van der Waals surface area contributed by atoms with Crippen LogP contribution < -0.4 is 10.6 Å². The van der Waals surface area contributed by atoms with E-state index in [-0.39, 0.29) is 11.7 Å². The quantitative estimate of drug-likeness (QED) is 0.746. The van der Waals surface area contributed by atoms with Crippen molar-refractivity contribution < 1.29 is 9.18 Å². The van der Waals surface area contributed by atoms with Crippen LogP contribution in [0.4, 0.5) is 4.39 Å². The lowest BCUT2D eigenvalue weighted by Gasteiger charge is -2.06. The molecule has 1 aliphatic rings. The number of hydrogen-bond acceptors (Lipinski definition) is 3. The summed E-state index contributed by atoms with van der Waals surface area (Å²) < 4.78 is 13.6. The average molecular weight is 275 g/mol. The third-order valence-corrected chi connectivity index (χ3v) is 3.20. The smallest absolute Gasteiger partial charge is 0.220 e. The maximum atomic E-state index is 13.6. The van der Waals surface area contributed by atoms with Crippen LogP contribution in [0.15, 0.2) is 18.2 Å². The lowest BCUT2D eigenvalue weighted by atomic mass is 10.1. The van der Waals surface area contributed by atoms with E-state index in [1.807, 2.05) is 6.07 Å². The molecule has 20 heavy (non-hydrogen) atoms. The maximum Gasteiger partial charge on any atom is 0.220 e. The molecule has 1 fully saturated rings. The van der Waals surface area contributed by atoms with Gasteiger partial charge in [0.25, 0.3) is 0 Å². The van der Waals surface area contributed by atoms with Crippen LogP contribution >= 0.6 is 0 Å². The van der Waals surface area contributed by atoms with Gasteiger partial charge >= 0.3 is 0 Å². The first-order chi connectivity index (χ1) is 9.69. The third kappa shape index (κ3) is 4.63. The number of rotatable bonds is 7. The fourth-order valence-electron chi connectivity index (χ4n) is 1.88. The number of benzene rings is 1. The van der Waals surface area contributed by atoms with Crippen molar-refractivity contribution in [3.05, 3.63) is 35.1 Å². The van der Waals surface area contributed by atoms with Gasteiger partial charge in [-0.1, -0.05) is 6.07 Å². The fourth-order valence-corrected chi connectivity index (χ4v) is 1.88. The molecule has 0 heterocycles. The van der Waals surface area contributed by atoms with Crippen molar-refractivity contribution in [1.29, 1.82) is 5.26 Å². The molecule has 0 radical (unpaired) electrons. The highest BCUT2D eigenvalue weighted by atomic mass is 19.1. The van der Waals surface area contributed by atoms with Crippen LogP contribution in [-0.2, 0) is 11.3 Å². The molecule has 106 valence electrons. The Morgan fingerprint density at radius 2 is 2.25 bits per heavy atom. The minimum Gasteiger partial charge on any atom is -0.353 e. The van der Waals surface area contributed by atoms with Gasteiger partial charge in [-0.05, 0) is 37.9 Å². The second-order valence-electron chi connectivity index (χ2n) is 5.04. The van der Waals surface area contributed by atoms with Gasteiger partial charge in [-0.3, -0.25) is 4.79 Å². The van der Waals surface area contributed by atoms with E-state index < -0.39 is 0 Å². The Hall–Kier alpha value is -1.93. The Bertz CT molecular complexity index is 520. The van der Waals surface area contributed by atoms with E-state index in [4.69, 9.17) is 5.26 Å². The summed E-state index contributed by atoms with van der Waals surface area (Å²) in [4.78, 5) is 11.4. The molecule has 1 aliphatic carbocycles. The number of nitriles is 1. The number of carbonyl (C=O) groups excluding carboxylic acids is 1. The summed E-state index contributed by atoms with van der Waals surface area (Å²) in [6.07, 6.45) is 3.43. The molecule has 0 aliphatic heterocycles. The van der Waals surface area contributed by atoms with Crippen molar-refractivity contribution in [2.24, 2.45) is 0 Å². The molecule has 2 N–H and O–H groups in total. The summed E-state index contributed by atoms with van der Waals surface area (Å²) in [5.41, 5.74) is 0.856. The fraction of sp³-hybridized carbons (Fsp3) is 0.467. The van der Waals surface area contributed by atoms with Crippen LogP contribution in [0.1, 0.15) is 36.8 Å². The Kier molecular flexibility index (Phi) is 5.08. The van der Waals surface area contributed by atoms with Crippen molar-refractivity contribution in [2.75, 3.05) is 6.54 Å². The van der Waals surface area contributed by atoms with Crippen LogP contribution in [0.2, 0.25) is 0 Å². The summed E-state index contributed by atoms with van der Waals surface area (Å²) in [6.45, 7) is 1.07. The zero-order valence-electron chi connectivity index (χ0n) is 11.3. The van der Waals surface area contributed by atoms with Crippen LogP contribution in [0.5, 0.6) is 0 Å². The zero-order valence-corrected chi connectivity index (χ0v) is 11.3. The lowest BCUT2D eigenvalue weighted by molar-refractivity contribution is -0.121. The highest BCUT2D eigenvalue weighted by Gasteiger charge is 2.22. The second kappa shape index (κ2) is 7.01. The van der Waals surface area contributed by atoms with E-state index in [2.05, 4.69) is 10.6 Å². The summed E-state index contributed by atoms with van der Waals surface area (Å²) in [5, 5.41) is 14.7. The monoisotopic (exact) mass is 275 g/mol. The van der Waals surface area contributed by atoms with Crippen molar-refractivity contribution >= 4 is 5.91 Å². The molecule has 2 rings (SSSR count). The zero-order chi connectivity index (χ0) is 14.4. The number of nitrogens with zero attached hydrogens (tertiary/aromatic N) is 1. The number of nitrogens with one attached hydrogen (secondary N) is 2. The first-order valence-corrected chi connectivity index (χ1v) is 6.87. The first-order valence-electron chi connectivity index (χ1n) is 6.87. The average Bonchev–Trinajstić information content (AvgIpc) is 3.23. The van der Waals surface area contributed by atoms with Gasteiger partial charge in [0, 0.05) is 24.6 Å². The molecule has 0 aromatic heterocycles. The topological polar surface area (TPSA) is 64.9 Å². The molecule has 5 heteroatoms. The minimum atomic E-state index is -0.372. The molecule has 0 saturated heterocycles. The Morgan fingerprint density at radius 3 is 2.90 bits per heavy atom. The van der Waals surface area contributed by atoms with E-state index >= 15 is 0 Å². The predicted octanol–water partition coefficient (Wildman–Crippen LogP) is 1.85. The van der Waals surface area contributed by atoms with Gasteiger partial charge in [0.2, 0.25) is 5.91 Å². The summed E-state index contributed by atoms with van der Waals surface area (Å²) >= 11 is 0. The van der Waals surface area contributed by atoms with E-state index in [0.717, 1.165) is 19.3 Å². The van der Waals surface area contributed by atoms with Crippen molar-refractivity contribution in [3.63, 3.8) is 0 Å². The Labute approximate surface area is 118 Å². The van der Waals surface area contributed by atoms with Gasteiger partial charge in [-0.15, -0.1) is 0 Å². The second-order valence-corrected chi connectivity index (χ2v) is 5.04. The first kappa shape index (κ1) is 14.5. The van der Waals surface area contributed by atoms with Gasteiger partial charge < -0.3 is 10.6 Å². The van der Waals surface area contributed by atoms with Gasteiger partial charge in [-0.25, -0.2) is 4.39 Å². The normalized spacial score (nSPS) is 13.8. The van der Waals surface area contributed by atoms with Crippen molar-refractivity contribution in [3.8, 4) is 6.07 Å². The van der Waals surface area contributed by atoms with Crippen molar-refractivity contribution in [1.82, 2.24) is 10.6 Å². The van der Waals surface area contributed by atoms with Crippen LogP contribution in [-0.4, -0.2) is 18.5 Å². The predicted molar refractivity (Wildman–Crippen MR) is 73.2 cm³/mol. The van der Waals surface area contributed by atoms with Crippen LogP contribution in [0.3, 0.4) is 0 Å². The number of amides is 1. The van der Waals surface area contributed by atoms with Gasteiger partial charge in [0.15, 0.2) is 0 Å². The van der Waals surface area contributed by atoms with E-state index in [1.165, 1.54) is 6.07 Å². The van der Waals surface area contributed by atoms with Gasteiger partial charge in [-0.2, -0.15) is 5.26 Å². The lowest BCUT2D eigenvalue weighted by Crippen LogP contribution is -2.26. The molecule has 0 spiro atoms. The summed E-state index contributed by atoms with van der Waals surface area (Å²) in [5.74, 6) is -0.276. The summed E-state index contributed by atoms with van der Waals surface area (Å²) in [6, 6.07) is 6.75.